The van der Waals surface area contributed by atoms with E-state index in [9.17, 15) is 9.90 Å². The van der Waals surface area contributed by atoms with Crippen LogP contribution in [0.3, 0.4) is 0 Å². The lowest BCUT2D eigenvalue weighted by molar-refractivity contribution is -0.189. The van der Waals surface area contributed by atoms with Crippen LogP contribution in [0.25, 0.3) is 6.08 Å². The number of esters is 1. The molecule has 2 aliphatic carbocycles. The Morgan fingerprint density at radius 2 is 1.96 bits per heavy atom. The first-order valence-electron chi connectivity index (χ1n) is 10.1. The number of carbonyl (C=O) groups is 1. The maximum absolute atomic E-state index is 12.6. The largest absolute Gasteiger partial charge is 0.456 e. The van der Waals surface area contributed by atoms with Crippen molar-refractivity contribution >= 4 is 12.0 Å². The molecule has 3 rings (SSSR count). The molecule has 1 N–H and O–H groups in total. The minimum absolute atomic E-state index is 0.130. The second kappa shape index (κ2) is 7.63. The van der Waals surface area contributed by atoms with Crippen molar-refractivity contribution in [3.8, 4) is 0 Å². The van der Waals surface area contributed by atoms with Crippen molar-refractivity contribution in [3.05, 3.63) is 53.6 Å². The standard InChI is InChI=1S/C24H32O3/c1-17(2)19-12-14-23(3)20(16-19)24(4,15-13-21(23)25)27-22(26)11-10-18-8-6-5-7-9-18/h5-12,17,20-21,25H,13-16H2,1-4H3. The molecule has 0 amide bonds. The summed E-state index contributed by atoms with van der Waals surface area (Å²) >= 11 is 0. The number of fused-ring (bicyclic) bond motifs is 1. The number of hydrogen-bond donors (Lipinski definition) is 1. The van der Waals surface area contributed by atoms with Gasteiger partial charge in [0, 0.05) is 17.4 Å². The van der Waals surface area contributed by atoms with Crippen molar-refractivity contribution in [2.45, 2.75) is 65.1 Å². The SMILES string of the molecule is CC(C)C1=CCC2(C)C(O)CCC(C)(OC(=O)C=Cc3ccccc3)C2C1. The molecule has 1 saturated carbocycles. The number of hydrogen-bond acceptors (Lipinski definition) is 3. The van der Waals surface area contributed by atoms with E-state index < -0.39 is 5.60 Å². The van der Waals surface area contributed by atoms with Gasteiger partial charge in [0.2, 0.25) is 0 Å². The van der Waals surface area contributed by atoms with Gasteiger partial charge in [-0.2, -0.15) is 0 Å². The van der Waals surface area contributed by atoms with E-state index in [2.05, 4.69) is 33.8 Å². The monoisotopic (exact) mass is 368 g/mol. The lowest BCUT2D eigenvalue weighted by atomic mass is 9.54. The molecule has 0 heterocycles. The lowest BCUT2D eigenvalue weighted by Gasteiger charge is -2.55. The first-order valence-corrected chi connectivity index (χ1v) is 10.1. The van der Waals surface area contributed by atoms with Crippen molar-refractivity contribution in [2.24, 2.45) is 17.3 Å². The second-order valence-electron chi connectivity index (χ2n) is 8.93. The van der Waals surface area contributed by atoms with Gasteiger partial charge in [0.15, 0.2) is 0 Å². The van der Waals surface area contributed by atoms with E-state index in [4.69, 9.17) is 4.74 Å². The van der Waals surface area contributed by atoms with Crippen LogP contribution in [0.5, 0.6) is 0 Å². The number of rotatable bonds is 4. The zero-order valence-electron chi connectivity index (χ0n) is 16.9. The molecule has 1 aromatic carbocycles. The van der Waals surface area contributed by atoms with Gasteiger partial charge in [-0.15, -0.1) is 0 Å². The van der Waals surface area contributed by atoms with Gasteiger partial charge in [-0.3, -0.25) is 0 Å². The van der Waals surface area contributed by atoms with Crippen LogP contribution >= 0.6 is 0 Å². The number of benzene rings is 1. The Morgan fingerprint density at radius 1 is 1.26 bits per heavy atom. The van der Waals surface area contributed by atoms with E-state index in [0.29, 0.717) is 18.8 Å². The summed E-state index contributed by atoms with van der Waals surface area (Å²) in [5.41, 5.74) is 1.59. The van der Waals surface area contributed by atoms with Crippen molar-refractivity contribution in [1.82, 2.24) is 0 Å². The van der Waals surface area contributed by atoms with Gasteiger partial charge in [-0.25, -0.2) is 4.79 Å². The number of aliphatic hydroxyl groups excluding tert-OH is 1. The summed E-state index contributed by atoms with van der Waals surface area (Å²) in [4.78, 5) is 12.6. The van der Waals surface area contributed by atoms with E-state index in [-0.39, 0.29) is 23.4 Å². The fourth-order valence-corrected chi connectivity index (χ4v) is 4.84. The molecule has 3 nitrogen and oxygen atoms in total. The molecule has 1 aromatic rings. The van der Waals surface area contributed by atoms with Crippen LogP contribution in [0.2, 0.25) is 0 Å². The first kappa shape index (κ1) is 19.9. The van der Waals surface area contributed by atoms with Crippen LogP contribution in [0.1, 0.15) is 58.9 Å². The highest BCUT2D eigenvalue weighted by atomic mass is 16.6. The fraction of sp³-hybridized carbons (Fsp3) is 0.542. The van der Waals surface area contributed by atoms with Crippen molar-refractivity contribution < 1.29 is 14.6 Å². The van der Waals surface area contributed by atoms with Crippen LogP contribution in [-0.4, -0.2) is 22.8 Å². The normalized spacial score (nSPS) is 33.6. The predicted molar refractivity (Wildman–Crippen MR) is 109 cm³/mol. The molecule has 4 unspecified atom stereocenters. The van der Waals surface area contributed by atoms with Gasteiger partial charge in [-0.05, 0) is 50.2 Å². The first-order chi connectivity index (χ1) is 12.7. The van der Waals surface area contributed by atoms with Crippen molar-refractivity contribution in [1.29, 1.82) is 0 Å². The lowest BCUT2D eigenvalue weighted by Crippen LogP contribution is -2.57. The zero-order chi connectivity index (χ0) is 19.7. The molecule has 2 aliphatic rings. The summed E-state index contributed by atoms with van der Waals surface area (Å²) in [5.74, 6) is 0.303. The summed E-state index contributed by atoms with van der Waals surface area (Å²) in [6.45, 7) is 8.62. The predicted octanol–water partition coefficient (Wildman–Crippen LogP) is 5.16. The summed E-state index contributed by atoms with van der Waals surface area (Å²) in [5, 5.41) is 10.7. The van der Waals surface area contributed by atoms with E-state index in [0.717, 1.165) is 18.4 Å². The highest BCUT2D eigenvalue weighted by Gasteiger charge is 2.56. The third kappa shape index (κ3) is 4.03. The Balaban J connectivity index is 1.80. The summed E-state index contributed by atoms with van der Waals surface area (Å²) in [6.07, 6.45) is 8.37. The molecule has 27 heavy (non-hydrogen) atoms. The van der Waals surface area contributed by atoms with Gasteiger partial charge in [0.25, 0.3) is 0 Å². The molecular weight excluding hydrogens is 336 g/mol. The molecule has 0 aliphatic heterocycles. The molecule has 0 saturated heterocycles. The Morgan fingerprint density at radius 3 is 2.63 bits per heavy atom. The van der Waals surface area contributed by atoms with Crippen LogP contribution < -0.4 is 0 Å². The van der Waals surface area contributed by atoms with Gasteiger partial charge in [-0.1, -0.05) is 62.8 Å². The molecule has 0 radical (unpaired) electrons. The van der Waals surface area contributed by atoms with Crippen molar-refractivity contribution in [3.63, 3.8) is 0 Å². The quantitative estimate of drug-likeness (QED) is 0.454. The van der Waals surface area contributed by atoms with Crippen LogP contribution in [-0.2, 0) is 9.53 Å². The number of carbonyl (C=O) groups excluding carboxylic acids is 1. The topological polar surface area (TPSA) is 46.5 Å². The number of aliphatic hydroxyl groups is 1. The minimum Gasteiger partial charge on any atom is -0.456 e. The molecule has 3 heteroatoms. The average molecular weight is 369 g/mol. The highest BCUT2D eigenvalue weighted by molar-refractivity contribution is 5.87. The van der Waals surface area contributed by atoms with Gasteiger partial charge in [0.05, 0.1) is 6.10 Å². The van der Waals surface area contributed by atoms with Gasteiger partial charge >= 0.3 is 5.97 Å². The van der Waals surface area contributed by atoms with E-state index in [1.165, 1.54) is 11.6 Å². The molecule has 0 spiro atoms. The summed E-state index contributed by atoms with van der Waals surface area (Å²) in [7, 11) is 0. The summed E-state index contributed by atoms with van der Waals surface area (Å²) < 4.78 is 6.05. The van der Waals surface area contributed by atoms with Crippen molar-refractivity contribution in [2.75, 3.05) is 0 Å². The van der Waals surface area contributed by atoms with Gasteiger partial charge < -0.3 is 9.84 Å². The third-order valence-electron chi connectivity index (χ3n) is 6.74. The smallest absolute Gasteiger partial charge is 0.331 e. The Hall–Kier alpha value is -1.87. The fourth-order valence-electron chi connectivity index (χ4n) is 4.84. The van der Waals surface area contributed by atoms with E-state index in [1.807, 2.05) is 30.3 Å². The molecule has 0 bridgehead atoms. The Bertz CT molecular complexity index is 733. The second-order valence-corrected chi connectivity index (χ2v) is 8.93. The minimum atomic E-state index is -0.555. The number of ether oxygens (including phenoxy) is 1. The van der Waals surface area contributed by atoms with Crippen LogP contribution in [0.4, 0.5) is 0 Å². The zero-order valence-corrected chi connectivity index (χ0v) is 16.9. The van der Waals surface area contributed by atoms with E-state index >= 15 is 0 Å². The summed E-state index contributed by atoms with van der Waals surface area (Å²) in [6, 6.07) is 9.76. The maximum Gasteiger partial charge on any atom is 0.331 e. The third-order valence-corrected chi connectivity index (χ3v) is 6.74. The van der Waals surface area contributed by atoms with E-state index in [1.54, 1.807) is 6.08 Å². The average Bonchev–Trinajstić information content (AvgIpc) is 2.64. The highest BCUT2D eigenvalue weighted by Crippen LogP contribution is 2.55. The Labute approximate surface area is 163 Å². The Kier molecular flexibility index (Phi) is 5.62. The molecule has 0 aromatic heterocycles. The molecule has 146 valence electrons. The molecule has 4 atom stereocenters. The maximum atomic E-state index is 12.6. The van der Waals surface area contributed by atoms with Crippen LogP contribution in [0.15, 0.2) is 48.1 Å². The molecule has 1 fully saturated rings. The van der Waals surface area contributed by atoms with Crippen LogP contribution in [0, 0.1) is 17.3 Å². The molecular formula is C24H32O3. The van der Waals surface area contributed by atoms with Gasteiger partial charge in [0.1, 0.15) is 5.60 Å². The number of allylic oxidation sites excluding steroid dienone is 2.